The van der Waals surface area contributed by atoms with Crippen molar-refractivity contribution in [3.8, 4) is 17.2 Å². The van der Waals surface area contributed by atoms with Crippen LogP contribution in [0.1, 0.15) is 17.5 Å². The Morgan fingerprint density at radius 3 is 2.97 bits per heavy atom. The molecule has 1 unspecified atom stereocenters. The van der Waals surface area contributed by atoms with Gasteiger partial charge in [0.15, 0.2) is 17.5 Å². The Hall–Kier alpha value is -3.45. The molecule has 4 N–H and O–H groups in total. The third-order valence-electron chi connectivity index (χ3n) is 4.85. The van der Waals surface area contributed by atoms with Gasteiger partial charge in [0, 0.05) is 18.5 Å². The highest BCUT2D eigenvalue weighted by molar-refractivity contribution is 5.88. The first kappa shape index (κ1) is 18.9. The van der Waals surface area contributed by atoms with Crippen LogP contribution in [-0.4, -0.2) is 25.5 Å². The highest BCUT2D eigenvalue weighted by atomic mass is 16.7. The molecular weight excluding hydrogens is 368 g/mol. The van der Waals surface area contributed by atoms with Gasteiger partial charge in [-0.1, -0.05) is 24.3 Å². The summed E-state index contributed by atoms with van der Waals surface area (Å²) < 4.78 is 16.2. The van der Waals surface area contributed by atoms with E-state index >= 15 is 0 Å². The fourth-order valence-corrected chi connectivity index (χ4v) is 3.43. The molecule has 0 spiro atoms. The van der Waals surface area contributed by atoms with Gasteiger partial charge in [-0.05, 0) is 35.9 Å². The molecule has 0 radical (unpaired) electrons. The van der Waals surface area contributed by atoms with Crippen LogP contribution in [0.4, 0.5) is 0 Å². The van der Waals surface area contributed by atoms with Crippen molar-refractivity contribution in [2.45, 2.75) is 18.6 Å². The molecule has 0 saturated carbocycles. The van der Waals surface area contributed by atoms with Gasteiger partial charge in [0.2, 0.25) is 6.79 Å². The summed E-state index contributed by atoms with van der Waals surface area (Å²) in [5, 5.41) is 6.82. The quantitative estimate of drug-likeness (QED) is 0.628. The van der Waals surface area contributed by atoms with Gasteiger partial charge in [-0.2, -0.15) is 0 Å². The predicted octanol–water partition coefficient (Wildman–Crippen LogP) is 2.74. The van der Waals surface area contributed by atoms with Crippen LogP contribution in [0.15, 0.2) is 66.2 Å². The summed E-state index contributed by atoms with van der Waals surface area (Å²) in [6, 6.07) is 13.6. The van der Waals surface area contributed by atoms with E-state index in [1.54, 1.807) is 7.11 Å². The van der Waals surface area contributed by atoms with Crippen LogP contribution >= 0.6 is 0 Å². The van der Waals surface area contributed by atoms with E-state index in [-0.39, 0.29) is 6.79 Å². The summed E-state index contributed by atoms with van der Waals surface area (Å²) in [4.78, 5) is 4.49. The average molecular weight is 392 g/mol. The van der Waals surface area contributed by atoms with Gasteiger partial charge in [-0.3, -0.25) is 5.32 Å². The van der Waals surface area contributed by atoms with Crippen LogP contribution in [0.5, 0.6) is 17.2 Å². The van der Waals surface area contributed by atoms with E-state index in [1.807, 2.05) is 54.6 Å². The largest absolute Gasteiger partial charge is 0.497 e. The zero-order valence-electron chi connectivity index (χ0n) is 16.3. The first-order chi connectivity index (χ1) is 14.1. The smallest absolute Gasteiger partial charge is 0.231 e. The van der Waals surface area contributed by atoms with Crippen molar-refractivity contribution in [1.82, 2.24) is 10.6 Å². The Morgan fingerprint density at radius 1 is 1.28 bits per heavy atom. The number of ether oxygens (including phenoxy) is 3. The van der Waals surface area contributed by atoms with Crippen molar-refractivity contribution in [3.05, 3.63) is 72.3 Å². The lowest BCUT2D eigenvalue weighted by molar-refractivity contribution is 0.174. The van der Waals surface area contributed by atoms with Crippen molar-refractivity contribution in [1.29, 1.82) is 0 Å². The second-order valence-corrected chi connectivity index (χ2v) is 6.89. The van der Waals surface area contributed by atoms with Gasteiger partial charge >= 0.3 is 0 Å². The number of aliphatic imine (C=N–C) groups is 1. The Labute approximate surface area is 169 Å². The minimum atomic E-state index is -0.623. The molecule has 2 aromatic carbocycles. The second kappa shape index (κ2) is 7.89. The van der Waals surface area contributed by atoms with Crippen LogP contribution in [0.3, 0.4) is 0 Å². The van der Waals surface area contributed by atoms with E-state index in [4.69, 9.17) is 19.9 Å². The number of nitrogens with one attached hydrogen (secondary N) is 2. The lowest BCUT2D eigenvalue weighted by Gasteiger charge is -2.36. The molecule has 7 nitrogen and oxygen atoms in total. The summed E-state index contributed by atoms with van der Waals surface area (Å²) in [6.07, 6.45) is 4.49. The molecule has 29 heavy (non-hydrogen) atoms. The van der Waals surface area contributed by atoms with Crippen molar-refractivity contribution in [2.75, 3.05) is 13.9 Å². The summed E-state index contributed by atoms with van der Waals surface area (Å²) in [5.74, 6) is 2.62. The van der Waals surface area contributed by atoms with Gasteiger partial charge in [0.05, 0.1) is 12.8 Å². The predicted molar refractivity (Wildman–Crippen MR) is 113 cm³/mol. The number of hydrogen-bond acceptors (Lipinski definition) is 7. The fourth-order valence-electron chi connectivity index (χ4n) is 3.43. The molecule has 2 heterocycles. The molecule has 0 bridgehead atoms. The number of benzene rings is 2. The zero-order valence-corrected chi connectivity index (χ0v) is 16.3. The maximum atomic E-state index is 6.14. The molecule has 1 atom stereocenters. The number of guanidine groups is 1. The van der Waals surface area contributed by atoms with E-state index in [1.165, 1.54) is 0 Å². The first-order valence-electron chi connectivity index (χ1n) is 9.35. The molecule has 150 valence electrons. The molecule has 0 aromatic heterocycles. The van der Waals surface area contributed by atoms with E-state index in [2.05, 4.69) is 22.2 Å². The lowest BCUT2D eigenvalue weighted by atomic mass is 9.99. The van der Waals surface area contributed by atoms with E-state index in [9.17, 15) is 0 Å². The van der Waals surface area contributed by atoms with E-state index < -0.39 is 5.66 Å². The SMILES string of the molecule is C=CCC1(NCc2ccc3c(c2)OCO3)C=C(c2cccc(OC)c2)N=C(N)N1. The number of fused-ring (bicyclic) bond motifs is 1. The molecular formula is C22H24N4O3. The summed E-state index contributed by atoms with van der Waals surface area (Å²) >= 11 is 0. The zero-order chi connectivity index (χ0) is 20.3. The highest BCUT2D eigenvalue weighted by Gasteiger charge is 2.30. The molecule has 0 amide bonds. The summed E-state index contributed by atoms with van der Waals surface area (Å²) in [5.41, 5.74) is 8.27. The fraction of sp³-hybridized carbons (Fsp3) is 0.227. The minimum absolute atomic E-state index is 0.258. The van der Waals surface area contributed by atoms with Gasteiger partial charge in [0.1, 0.15) is 11.4 Å². The summed E-state index contributed by atoms with van der Waals surface area (Å²) in [7, 11) is 1.64. The highest BCUT2D eigenvalue weighted by Crippen LogP contribution is 2.33. The number of nitrogens with zero attached hydrogens (tertiary/aromatic N) is 1. The third kappa shape index (κ3) is 4.05. The number of nitrogens with two attached hydrogens (primary N) is 1. The lowest BCUT2D eigenvalue weighted by Crippen LogP contribution is -2.60. The van der Waals surface area contributed by atoms with Crippen molar-refractivity contribution >= 4 is 11.7 Å². The molecule has 2 aliphatic heterocycles. The molecule has 0 fully saturated rings. The van der Waals surface area contributed by atoms with Gasteiger partial charge < -0.3 is 25.3 Å². The Kier molecular flexibility index (Phi) is 5.14. The Balaban J connectivity index is 1.61. The Bertz CT molecular complexity index is 986. The maximum absolute atomic E-state index is 6.14. The van der Waals surface area contributed by atoms with Crippen molar-refractivity contribution in [2.24, 2.45) is 10.7 Å². The van der Waals surface area contributed by atoms with Crippen molar-refractivity contribution in [3.63, 3.8) is 0 Å². The maximum Gasteiger partial charge on any atom is 0.231 e. The number of rotatable bonds is 7. The second-order valence-electron chi connectivity index (χ2n) is 6.89. The number of hydrogen-bond donors (Lipinski definition) is 3. The normalized spacial score (nSPS) is 19.8. The van der Waals surface area contributed by atoms with Gasteiger partial charge in [-0.15, -0.1) is 6.58 Å². The van der Waals surface area contributed by atoms with Crippen LogP contribution < -0.4 is 30.6 Å². The topological polar surface area (TPSA) is 90.1 Å². The molecule has 2 aliphatic rings. The summed E-state index contributed by atoms with van der Waals surface area (Å²) in [6.45, 7) is 4.75. The third-order valence-corrected chi connectivity index (χ3v) is 4.85. The van der Waals surface area contributed by atoms with Crippen LogP contribution in [0.25, 0.3) is 5.70 Å². The van der Waals surface area contributed by atoms with E-state index in [0.29, 0.717) is 18.9 Å². The standard InChI is InChI=1S/C22H24N4O3/c1-3-9-22(24-13-15-7-8-19-20(10-15)29-14-28-19)12-18(25-21(23)26-22)16-5-4-6-17(11-16)27-2/h3-8,10-12,24H,1,9,13-14H2,2H3,(H3,23,25,26). The molecule has 0 aliphatic carbocycles. The van der Waals surface area contributed by atoms with Crippen LogP contribution in [0, 0.1) is 0 Å². The van der Waals surface area contributed by atoms with Crippen LogP contribution in [0.2, 0.25) is 0 Å². The van der Waals surface area contributed by atoms with Crippen molar-refractivity contribution < 1.29 is 14.2 Å². The van der Waals surface area contributed by atoms with Crippen LogP contribution in [-0.2, 0) is 6.54 Å². The molecule has 0 saturated heterocycles. The molecule has 4 rings (SSSR count). The molecule has 7 heteroatoms. The minimum Gasteiger partial charge on any atom is -0.497 e. The number of methoxy groups -OCH3 is 1. The molecule has 2 aromatic rings. The first-order valence-corrected chi connectivity index (χ1v) is 9.35. The van der Waals surface area contributed by atoms with Gasteiger partial charge in [-0.25, -0.2) is 4.99 Å². The van der Waals surface area contributed by atoms with E-state index in [0.717, 1.165) is 34.1 Å². The van der Waals surface area contributed by atoms with Gasteiger partial charge in [0.25, 0.3) is 0 Å². The average Bonchev–Trinajstić information content (AvgIpc) is 3.20. The Morgan fingerprint density at radius 2 is 2.14 bits per heavy atom. The monoisotopic (exact) mass is 392 g/mol.